The van der Waals surface area contributed by atoms with Crippen LogP contribution in [-0.2, 0) is 0 Å². The minimum absolute atomic E-state index is 0.174. The molecule has 2 aliphatic rings. The Hall–Kier alpha value is -1.76. The largest absolute Gasteiger partial charge is 0.573 e. The fourth-order valence-electron chi connectivity index (χ4n) is 3.44. The lowest BCUT2D eigenvalue weighted by Gasteiger charge is -2.17. The Morgan fingerprint density at radius 1 is 1.35 bits per heavy atom. The lowest BCUT2D eigenvalue weighted by Crippen LogP contribution is -2.30. The number of rotatable bonds is 5. The topological polar surface area (TPSA) is 41.6 Å². The number of hydrogen-bond donors (Lipinski definition) is 1. The smallest absolute Gasteiger partial charge is 0.406 e. The number of carbonyl (C=O) groups excluding carboxylic acids is 1. The Morgan fingerprint density at radius 3 is 2.65 bits per heavy atom. The monoisotopic (exact) mass is 328 g/mol. The van der Waals surface area contributed by atoms with E-state index in [-0.39, 0.29) is 17.2 Å². The quantitative estimate of drug-likeness (QED) is 0.903. The van der Waals surface area contributed by atoms with Crippen molar-refractivity contribution in [3.05, 3.63) is 29.8 Å². The number of carbonyl (C=O) groups is 1. The summed E-state index contributed by atoms with van der Waals surface area (Å²) in [5.41, 5.74) is 0.174. The number of piperidine rings is 1. The molecule has 23 heavy (non-hydrogen) atoms. The van der Waals surface area contributed by atoms with E-state index >= 15 is 0 Å². The molecule has 2 unspecified atom stereocenters. The predicted octanol–water partition coefficient (Wildman–Crippen LogP) is 2.51. The van der Waals surface area contributed by atoms with Crippen LogP contribution >= 0.6 is 0 Å². The average molecular weight is 328 g/mol. The molecule has 7 heteroatoms. The van der Waals surface area contributed by atoms with Crippen molar-refractivity contribution in [3.8, 4) is 5.75 Å². The zero-order chi connectivity index (χ0) is 16.6. The molecule has 1 aliphatic heterocycles. The van der Waals surface area contributed by atoms with Crippen molar-refractivity contribution < 1.29 is 22.7 Å². The summed E-state index contributed by atoms with van der Waals surface area (Å²) >= 11 is 0. The van der Waals surface area contributed by atoms with Crippen LogP contribution in [0.1, 0.15) is 17.3 Å². The number of hydrogen-bond acceptors (Lipinski definition) is 3. The van der Waals surface area contributed by atoms with Crippen molar-refractivity contribution in [1.82, 2.24) is 10.2 Å². The Balaban J connectivity index is 1.51. The molecule has 1 aromatic carbocycles. The van der Waals surface area contributed by atoms with E-state index < -0.39 is 6.36 Å². The third kappa shape index (κ3) is 3.77. The highest BCUT2D eigenvalue weighted by molar-refractivity contribution is 5.94. The van der Waals surface area contributed by atoms with Crippen molar-refractivity contribution >= 4 is 5.91 Å². The molecule has 1 aromatic rings. The first-order chi connectivity index (χ1) is 10.9. The molecule has 0 aromatic heterocycles. The maximum atomic E-state index is 12.2. The van der Waals surface area contributed by atoms with Gasteiger partial charge < -0.3 is 15.0 Å². The van der Waals surface area contributed by atoms with Crippen molar-refractivity contribution in [3.63, 3.8) is 0 Å². The lowest BCUT2D eigenvalue weighted by molar-refractivity contribution is -0.274. The van der Waals surface area contributed by atoms with Gasteiger partial charge in [-0.2, -0.15) is 0 Å². The second-order valence-electron chi connectivity index (χ2n) is 6.13. The Morgan fingerprint density at radius 2 is 2.04 bits per heavy atom. The molecule has 1 amide bonds. The molecule has 2 fully saturated rings. The van der Waals surface area contributed by atoms with Gasteiger partial charge in [0, 0.05) is 25.2 Å². The summed E-state index contributed by atoms with van der Waals surface area (Å²) in [6.07, 6.45) is -4.76. The predicted molar refractivity (Wildman–Crippen MR) is 78.0 cm³/mol. The van der Waals surface area contributed by atoms with E-state index in [1.54, 1.807) is 0 Å². The second kappa shape index (κ2) is 6.03. The van der Waals surface area contributed by atoms with Crippen molar-refractivity contribution in [2.75, 3.05) is 26.2 Å². The maximum absolute atomic E-state index is 12.2. The standard InChI is InChI=1S/C16H19F3N2O2/c1-2-21-8-13-12(14(13)9-21)7-20-15(22)10-4-3-5-11(6-10)23-16(17,18)19/h3-6,12-14H,2,7-9H2,1H3,(H,20,22). The molecule has 4 nitrogen and oxygen atoms in total. The Labute approximate surface area is 132 Å². The van der Waals surface area contributed by atoms with Gasteiger partial charge in [0.2, 0.25) is 0 Å². The first kappa shape index (κ1) is 16.1. The van der Waals surface area contributed by atoms with E-state index in [0.29, 0.717) is 24.3 Å². The lowest BCUT2D eigenvalue weighted by atomic mass is 10.2. The van der Waals surface area contributed by atoms with Crippen LogP contribution in [-0.4, -0.2) is 43.3 Å². The number of halogens is 3. The highest BCUT2D eigenvalue weighted by Crippen LogP contribution is 2.51. The van der Waals surface area contributed by atoms with Gasteiger partial charge in [0.1, 0.15) is 5.75 Å². The number of benzene rings is 1. The zero-order valence-corrected chi connectivity index (χ0v) is 12.8. The zero-order valence-electron chi connectivity index (χ0n) is 12.8. The molecule has 3 rings (SSSR count). The van der Waals surface area contributed by atoms with E-state index in [0.717, 1.165) is 25.7 Å². The SMILES string of the molecule is CCN1CC2C(CNC(=O)c3cccc(OC(F)(F)F)c3)C2C1. The molecular formula is C16H19F3N2O2. The van der Waals surface area contributed by atoms with E-state index in [9.17, 15) is 18.0 Å². The minimum atomic E-state index is -4.76. The number of nitrogens with zero attached hydrogens (tertiary/aromatic N) is 1. The fourth-order valence-corrected chi connectivity index (χ4v) is 3.44. The van der Waals surface area contributed by atoms with Crippen molar-refractivity contribution in [2.45, 2.75) is 13.3 Å². The van der Waals surface area contributed by atoms with Gasteiger partial charge in [-0.15, -0.1) is 13.2 Å². The highest BCUT2D eigenvalue weighted by atomic mass is 19.4. The molecule has 1 saturated carbocycles. The number of ether oxygens (including phenoxy) is 1. The van der Waals surface area contributed by atoms with Gasteiger partial charge in [0.05, 0.1) is 0 Å². The maximum Gasteiger partial charge on any atom is 0.573 e. The van der Waals surface area contributed by atoms with Gasteiger partial charge in [-0.25, -0.2) is 0 Å². The molecule has 1 saturated heterocycles. The van der Waals surface area contributed by atoms with Crippen molar-refractivity contribution in [1.29, 1.82) is 0 Å². The van der Waals surface area contributed by atoms with Crippen LogP contribution in [0.4, 0.5) is 13.2 Å². The second-order valence-corrected chi connectivity index (χ2v) is 6.13. The highest BCUT2D eigenvalue weighted by Gasteiger charge is 2.54. The first-order valence-electron chi connectivity index (χ1n) is 7.73. The summed E-state index contributed by atoms with van der Waals surface area (Å²) in [5, 5.41) is 2.82. The van der Waals surface area contributed by atoms with Crippen LogP contribution < -0.4 is 10.1 Å². The average Bonchev–Trinajstić information content (AvgIpc) is 2.93. The summed E-state index contributed by atoms with van der Waals surface area (Å²) in [6, 6.07) is 5.14. The van der Waals surface area contributed by atoms with E-state index in [1.807, 2.05) is 0 Å². The number of amides is 1. The van der Waals surface area contributed by atoms with Crippen LogP contribution in [0.15, 0.2) is 24.3 Å². The first-order valence-corrected chi connectivity index (χ1v) is 7.73. The third-order valence-electron chi connectivity index (χ3n) is 4.72. The van der Waals surface area contributed by atoms with Crippen LogP contribution in [0.3, 0.4) is 0 Å². The number of nitrogens with one attached hydrogen (secondary N) is 1. The molecule has 1 N–H and O–H groups in total. The van der Waals surface area contributed by atoms with Crippen LogP contribution in [0, 0.1) is 17.8 Å². The Bertz CT molecular complexity index is 579. The van der Waals surface area contributed by atoms with E-state index in [4.69, 9.17) is 0 Å². The molecule has 0 radical (unpaired) electrons. The summed E-state index contributed by atoms with van der Waals surface area (Å²) < 4.78 is 40.4. The number of alkyl halides is 3. The van der Waals surface area contributed by atoms with Gasteiger partial charge in [-0.05, 0) is 42.5 Å². The molecule has 0 spiro atoms. The molecule has 2 atom stereocenters. The minimum Gasteiger partial charge on any atom is -0.406 e. The number of likely N-dealkylation sites (tertiary alicyclic amines) is 1. The normalized spacial score (nSPS) is 26.7. The molecule has 126 valence electrons. The summed E-state index contributed by atoms with van der Waals surface area (Å²) in [4.78, 5) is 14.5. The van der Waals surface area contributed by atoms with Crippen LogP contribution in [0.2, 0.25) is 0 Å². The molecular weight excluding hydrogens is 309 g/mol. The summed E-state index contributed by atoms with van der Waals surface area (Å²) in [7, 11) is 0. The molecule has 0 bridgehead atoms. The summed E-state index contributed by atoms with van der Waals surface area (Å²) in [5.74, 6) is 1.05. The van der Waals surface area contributed by atoms with Gasteiger partial charge in [-0.3, -0.25) is 4.79 Å². The summed E-state index contributed by atoms with van der Waals surface area (Å²) in [6.45, 7) is 5.93. The van der Waals surface area contributed by atoms with Crippen LogP contribution in [0.5, 0.6) is 5.75 Å². The van der Waals surface area contributed by atoms with Crippen molar-refractivity contribution in [2.24, 2.45) is 17.8 Å². The van der Waals surface area contributed by atoms with Gasteiger partial charge >= 0.3 is 6.36 Å². The number of fused-ring (bicyclic) bond motifs is 1. The molecule has 1 heterocycles. The fraction of sp³-hybridized carbons (Fsp3) is 0.562. The van der Waals surface area contributed by atoms with Gasteiger partial charge in [-0.1, -0.05) is 13.0 Å². The van der Waals surface area contributed by atoms with E-state index in [2.05, 4.69) is 21.9 Å². The van der Waals surface area contributed by atoms with Gasteiger partial charge in [0.25, 0.3) is 5.91 Å². The van der Waals surface area contributed by atoms with Gasteiger partial charge in [0.15, 0.2) is 0 Å². The van der Waals surface area contributed by atoms with Crippen LogP contribution in [0.25, 0.3) is 0 Å². The molecule has 1 aliphatic carbocycles. The Kier molecular flexibility index (Phi) is 4.23. The van der Waals surface area contributed by atoms with E-state index in [1.165, 1.54) is 18.2 Å². The third-order valence-corrected chi connectivity index (χ3v) is 4.72.